The second-order valence-corrected chi connectivity index (χ2v) is 7.19. The Bertz CT molecular complexity index is 750. The Balaban J connectivity index is 1.80. The molecule has 2 aliphatic rings. The van der Waals surface area contributed by atoms with Crippen LogP contribution in [0.25, 0.3) is 0 Å². The number of hydrogen-bond acceptors (Lipinski definition) is 4. The number of amides is 1. The molecular weight excluding hydrogens is 295 g/mol. The van der Waals surface area contributed by atoms with Gasteiger partial charge < -0.3 is 0 Å². The van der Waals surface area contributed by atoms with Gasteiger partial charge in [0.05, 0.1) is 0 Å². The minimum atomic E-state index is -4.22. The van der Waals surface area contributed by atoms with Gasteiger partial charge in [0.25, 0.3) is 10.0 Å². The highest BCUT2D eigenvalue weighted by Gasteiger charge is 2.51. The lowest BCUT2D eigenvalue weighted by Gasteiger charge is -2.08. The van der Waals surface area contributed by atoms with Crippen LogP contribution in [0, 0.1) is 34.9 Å². The van der Waals surface area contributed by atoms with E-state index in [4.69, 9.17) is 5.26 Å². The summed E-state index contributed by atoms with van der Waals surface area (Å²) in [5.74, 6) is -0.919. The van der Waals surface area contributed by atoms with Crippen molar-refractivity contribution in [1.29, 1.82) is 5.26 Å². The quantitative estimate of drug-likeness (QED) is 0.914. The van der Waals surface area contributed by atoms with E-state index >= 15 is 0 Å². The molecule has 0 aliphatic heterocycles. The maximum Gasteiger partial charge on any atom is 0.265 e. The molecule has 0 heterocycles. The third-order valence-corrected chi connectivity index (χ3v) is 5.40. The van der Waals surface area contributed by atoms with Crippen LogP contribution >= 0.6 is 0 Å². The van der Waals surface area contributed by atoms with E-state index in [1.54, 1.807) is 0 Å². The van der Waals surface area contributed by atoms with Gasteiger partial charge in [0, 0.05) is 5.92 Å². The molecule has 1 aromatic carbocycles. The maximum absolute atomic E-state index is 13.5. The summed E-state index contributed by atoms with van der Waals surface area (Å²) in [6.07, 6.45) is 2.91. The van der Waals surface area contributed by atoms with Crippen molar-refractivity contribution < 1.29 is 17.6 Å². The van der Waals surface area contributed by atoms with E-state index in [9.17, 15) is 17.6 Å². The summed E-state index contributed by atoms with van der Waals surface area (Å²) in [6, 6.07) is 4.83. The fourth-order valence-electron chi connectivity index (χ4n) is 2.66. The molecule has 1 amide bonds. The fourth-order valence-corrected chi connectivity index (χ4v) is 3.86. The summed E-state index contributed by atoms with van der Waals surface area (Å²) in [5, 5.41) is 8.87. The van der Waals surface area contributed by atoms with Gasteiger partial charge in [-0.2, -0.15) is 5.26 Å². The van der Waals surface area contributed by atoms with Crippen molar-refractivity contribution in [3.63, 3.8) is 0 Å². The highest BCUT2D eigenvalue weighted by Crippen LogP contribution is 2.54. The van der Waals surface area contributed by atoms with E-state index in [0.717, 1.165) is 25.0 Å². The van der Waals surface area contributed by atoms with Crippen LogP contribution in [0.3, 0.4) is 0 Å². The second-order valence-electron chi connectivity index (χ2n) is 5.54. The molecule has 0 spiro atoms. The SMILES string of the molecule is N#Cc1c(F)cccc1S(=O)(=O)NC(=O)[C@@H]1C[C@H]1C1CC1. The van der Waals surface area contributed by atoms with Crippen LogP contribution < -0.4 is 4.72 Å². The monoisotopic (exact) mass is 308 g/mol. The van der Waals surface area contributed by atoms with Gasteiger partial charge in [-0.15, -0.1) is 0 Å². The largest absolute Gasteiger partial charge is 0.274 e. The predicted octanol–water partition coefficient (Wildman–Crippen LogP) is 1.55. The second kappa shape index (κ2) is 4.81. The smallest absolute Gasteiger partial charge is 0.265 e. The zero-order valence-corrected chi connectivity index (χ0v) is 11.9. The Labute approximate surface area is 121 Å². The number of rotatable bonds is 4. The lowest BCUT2D eigenvalue weighted by Crippen LogP contribution is -2.33. The zero-order valence-electron chi connectivity index (χ0n) is 11.0. The van der Waals surface area contributed by atoms with E-state index in [-0.39, 0.29) is 11.8 Å². The lowest BCUT2D eigenvalue weighted by molar-refractivity contribution is -0.120. The Morgan fingerprint density at radius 3 is 2.71 bits per heavy atom. The van der Waals surface area contributed by atoms with Crippen LogP contribution in [0.15, 0.2) is 23.1 Å². The molecule has 0 aromatic heterocycles. The number of hydrogen-bond donors (Lipinski definition) is 1. The number of halogens is 1. The minimum Gasteiger partial charge on any atom is -0.274 e. The van der Waals surface area contributed by atoms with Crippen LogP contribution in [0.5, 0.6) is 0 Å². The molecule has 2 fully saturated rings. The van der Waals surface area contributed by atoms with Crippen LogP contribution in [0.2, 0.25) is 0 Å². The highest BCUT2D eigenvalue weighted by molar-refractivity contribution is 7.90. The van der Waals surface area contributed by atoms with Crippen LogP contribution in [-0.2, 0) is 14.8 Å². The fraction of sp³-hybridized carbons (Fsp3) is 0.429. The minimum absolute atomic E-state index is 0.272. The predicted molar refractivity (Wildman–Crippen MR) is 70.8 cm³/mol. The van der Waals surface area contributed by atoms with Crippen LogP contribution in [0.4, 0.5) is 4.39 Å². The Morgan fingerprint density at radius 1 is 1.38 bits per heavy atom. The van der Waals surface area contributed by atoms with Crippen molar-refractivity contribution in [3.05, 3.63) is 29.6 Å². The first-order valence-electron chi connectivity index (χ1n) is 6.69. The molecule has 0 unspecified atom stereocenters. The Morgan fingerprint density at radius 2 is 2.10 bits per heavy atom. The number of carbonyl (C=O) groups is 1. The highest BCUT2D eigenvalue weighted by atomic mass is 32.2. The van der Waals surface area contributed by atoms with Crippen molar-refractivity contribution in [2.24, 2.45) is 17.8 Å². The van der Waals surface area contributed by atoms with E-state index in [1.807, 2.05) is 4.72 Å². The lowest BCUT2D eigenvalue weighted by atomic mass is 10.2. The van der Waals surface area contributed by atoms with Gasteiger partial charge in [-0.3, -0.25) is 4.79 Å². The molecule has 110 valence electrons. The molecule has 7 heteroatoms. The molecule has 2 aliphatic carbocycles. The average molecular weight is 308 g/mol. The summed E-state index contributed by atoms with van der Waals surface area (Å²) in [4.78, 5) is 11.5. The first-order valence-corrected chi connectivity index (χ1v) is 8.17. The summed E-state index contributed by atoms with van der Waals surface area (Å²) >= 11 is 0. The molecule has 1 aromatic rings. The number of benzene rings is 1. The van der Waals surface area contributed by atoms with Crippen molar-refractivity contribution in [2.45, 2.75) is 24.2 Å². The molecule has 0 radical (unpaired) electrons. The molecule has 5 nitrogen and oxygen atoms in total. The molecule has 2 atom stereocenters. The molecule has 0 bridgehead atoms. The summed E-state index contributed by atoms with van der Waals surface area (Å²) in [7, 11) is -4.22. The summed E-state index contributed by atoms with van der Waals surface area (Å²) in [5.41, 5.74) is -0.577. The first kappa shape index (κ1) is 14.0. The van der Waals surface area contributed by atoms with Crippen molar-refractivity contribution >= 4 is 15.9 Å². The van der Waals surface area contributed by atoms with Gasteiger partial charge >= 0.3 is 0 Å². The molecule has 1 N–H and O–H groups in total. The summed E-state index contributed by atoms with van der Waals surface area (Å²) in [6.45, 7) is 0. The zero-order chi connectivity index (χ0) is 15.2. The van der Waals surface area contributed by atoms with Gasteiger partial charge in [-0.25, -0.2) is 17.5 Å². The number of nitrogens with zero attached hydrogens (tertiary/aromatic N) is 1. The van der Waals surface area contributed by atoms with Gasteiger partial charge in [0.2, 0.25) is 5.91 Å². The Kier molecular flexibility index (Phi) is 3.21. The van der Waals surface area contributed by atoms with Crippen molar-refractivity contribution in [3.8, 4) is 6.07 Å². The van der Waals surface area contributed by atoms with Gasteiger partial charge in [0.15, 0.2) is 0 Å². The standard InChI is InChI=1S/C14H13FN2O3S/c15-12-2-1-3-13(11(12)7-16)21(19,20)17-14(18)10-6-9(10)8-4-5-8/h1-3,8-10H,4-6H2,(H,17,18)/t9-,10+/m0/s1. The molecule has 3 rings (SSSR count). The van der Waals surface area contributed by atoms with Gasteiger partial charge in [0.1, 0.15) is 22.3 Å². The van der Waals surface area contributed by atoms with Crippen LogP contribution in [0.1, 0.15) is 24.8 Å². The topological polar surface area (TPSA) is 87.0 Å². The van der Waals surface area contributed by atoms with Gasteiger partial charge in [-0.1, -0.05) is 6.07 Å². The third kappa shape index (κ3) is 2.63. The van der Waals surface area contributed by atoms with E-state index < -0.39 is 32.2 Å². The van der Waals surface area contributed by atoms with Crippen molar-refractivity contribution in [2.75, 3.05) is 0 Å². The third-order valence-electron chi connectivity index (χ3n) is 4.02. The average Bonchev–Trinajstić information content (AvgIpc) is 3.27. The van der Waals surface area contributed by atoms with E-state index in [2.05, 4.69) is 0 Å². The van der Waals surface area contributed by atoms with Crippen LogP contribution in [-0.4, -0.2) is 14.3 Å². The normalized spacial score (nSPS) is 24.2. The number of nitriles is 1. The van der Waals surface area contributed by atoms with Crippen molar-refractivity contribution in [1.82, 2.24) is 4.72 Å². The van der Waals surface area contributed by atoms with Gasteiger partial charge in [-0.05, 0) is 43.2 Å². The number of nitrogens with one attached hydrogen (secondary N) is 1. The van der Waals surface area contributed by atoms with E-state index in [1.165, 1.54) is 12.1 Å². The maximum atomic E-state index is 13.5. The summed E-state index contributed by atoms with van der Waals surface area (Å²) < 4.78 is 39.7. The Hall–Kier alpha value is -1.94. The molecule has 21 heavy (non-hydrogen) atoms. The number of sulfonamides is 1. The molecule has 0 saturated heterocycles. The molecule has 2 saturated carbocycles. The number of carbonyl (C=O) groups excluding carboxylic acids is 1. The molecular formula is C14H13FN2O3S. The van der Waals surface area contributed by atoms with E-state index in [0.29, 0.717) is 12.3 Å². The first-order chi connectivity index (χ1) is 9.94.